The normalized spacial score (nSPS) is 15.3. The average molecular weight is 397 g/mol. The third-order valence-electron chi connectivity index (χ3n) is 4.49. The van der Waals surface area contributed by atoms with Crippen LogP contribution in [0.3, 0.4) is 0 Å². The lowest BCUT2D eigenvalue weighted by atomic mass is 10.0. The van der Waals surface area contributed by atoms with Crippen LogP contribution in [-0.2, 0) is 17.8 Å². The molecule has 1 amide bonds. The number of ether oxygens (including phenoxy) is 1. The number of pyridine rings is 1. The van der Waals surface area contributed by atoms with Crippen molar-refractivity contribution in [1.29, 1.82) is 0 Å². The predicted molar refractivity (Wildman–Crippen MR) is 99.6 cm³/mol. The number of aromatic nitrogens is 3. The number of benzene rings is 1. The van der Waals surface area contributed by atoms with Gasteiger partial charge in [0.25, 0.3) is 0 Å². The van der Waals surface area contributed by atoms with Gasteiger partial charge >= 0.3 is 11.8 Å². The number of amides is 1. The average Bonchev–Trinajstić information content (AvgIpc) is 3.13. The van der Waals surface area contributed by atoms with Crippen LogP contribution in [0.15, 0.2) is 48.8 Å². The van der Waals surface area contributed by atoms with Crippen LogP contribution < -0.4 is 10.1 Å². The minimum Gasteiger partial charge on any atom is -0.444 e. The summed E-state index contributed by atoms with van der Waals surface area (Å²) in [6, 6.07) is 10.1. The number of hydrogen-bond donors (Lipinski definition) is 1. The van der Waals surface area contributed by atoms with E-state index in [1.54, 1.807) is 6.07 Å². The molecule has 29 heavy (non-hydrogen) atoms. The van der Waals surface area contributed by atoms with Crippen molar-refractivity contribution >= 4 is 11.7 Å². The van der Waals surface area contributed by atoms with Gasteiger partial charge in [0.15, 0.2) is 0 Å². The number of fused-ring (bicyclic) bond motifs is 1. The summed E-state index contributed by atoms with van der Waals surface area (Å²) in [5.41, 5.74) is 2.47. The number of hydrogen-bond acceptors (Lipinski definition) is 6. The molecular weight excluding hydrogens is 381 g/mol. The molecule has 0 saturated heterocycles. The van der Waals surface area contributed by atoms with Crippen LogP contribution in [0, 0.1) is 16.1 Å². The van der Waals surface area contributed by atoms with E-state index in [1.165, 1.54) is 23.0 Å². The Morgan fingerprint density at radius 2 is 2.03 bits per heavy atom. The van der Waals surface area contributed by atoms with Gasteiger partial charge in [0.05, 0.1) is 19.0 Å². The molecule has 148 valence electrons. The topological polar surface area (TPSA) is 112 Å². The van der Waals surface area contributed by atoms with E-state index in [2.05, 4.69) is 15.3 Å². The fourth-order valence-electron chi connectivity index (χ4n) is 3.10. The SMILES string of the molecule is O=C(Cc1ccc(-c2ccc(F)nc2)cc1)N[C@@H]1COc2nc([N+](=O)[O-])cn2C1. The van der Waals surface area contributed by atoms with Gasteiger partial charge in [-0.05, 0) is 28.2 Å². The molecule has 3 aromatic rings. The van der Waals surface area contributed by atoms with Crippen LogP contribution in [0.4, 0.5) is 10.2 Å². The van der Waals surface area contributed by atoms with Crippen molar-refractivity contribution in [3.63, 3.8) is 0 Å². The maximum atomic E-state index is 12.9. The highest BCUT2D eigenvalue weighted by Crippen LogP contribution is 2.22. The Kier molecular flexibility index (Phi) is 4.90. The Labute approximate surface area is 164 Å². The van der Waals surface area contributed by atoms with Crippen molar-refractivity contribution in [3.8, 4) is 17.1 Å². The number of carbonyl (C=O) groups is 1. The monoisotopic (exact) mass is 397 g/mol. The minimum atomic E-state index is -0.589. The number of nitro groups is 1. The Bertz CT molecular complexity index is 1050. The standard InChI is InChI=1S/C19H16FN5O4/c20-16-6-5-14(8-21-16)13-3-1-12(2-4-13)7-18(26)22-15-9-24-10-17(25(27)28)23-19(24)29-11-15/h1-6,8,10,15H,7,9,11H2,(H,22,26)/t15-/m0/s1. The third kappa shape index (κ3) is 4.21. The first-order valence-corrected chi connectivity index (χ1v) is 8.82. The highest BCUT2D eigenvalue weighted by atomic mass is 19.1. The van der Waals surface area contributed by atoms with Gasteiger partial charge in [-0.1, -0.05) is 24.3 Å². The number of nitrogens with zero attached hydrogens (tertiary/aromatic N) is 4. The van der Waals surface area contributed by atoms with E-state index in [4.69, 9.17) is 4.74 Å². The van der Waals surface area contributed by atoms with Crippen LogP contribution in [0.25, 0.3) is 11.1 Å². The van der Waals surface area contributed by atoms with Crippen molar-refractivity contribution in [2.45, 2.75) is 19.0 Å². The zero-order valence-electron chi connectivity index (χ0n) is 15.1. The molecule has 2 aromatic heterocycles. The van der Waals surface area contributed by atoms with E-state index < -0.39 is 10.9 Å². The number of rotatable bonds is 5. The largest absolute Gasteiger partial charge is 0.444 e. The fourth-order valence-corrected chi connectivity index (χ4v) is 3.10. The van der Waals surface area contributed by atoms with Crippen LogP contribution in [0.5, 0.6) is 6.01 Å². The van der Waals surface area contributed by atoms with E-state index in [0.29, 0.717) is 6.54 Å². The zero-order chi connectivity index (χ0) is 20.4. The van der Waals surface area contributed by atoms with Crippen molar-refractivity contribution in [1.82, 2.24) is 19.9 Å². The van der Waals surface area contributed by atoms with Gasteiger partial charge in [-0.3, -0.25) is 9.36 Å². The van der Waals surface area contributed by atoms with Crippen LogP contribution in [0.1, 0.15) is 5.56 Å². The molecule has 1 atom stereocenters. The van der Waals surface area contributed by atoms with Crippen molar-refractivity contribution in [2.24, 2.45) is 0 Å². The second-order valence-electron chi connectivity index (χ2n) is 6.61. The highest BCUT2D eigenvalue weighted by molar-refractivity contribution is 5.79. The first-order chi connectivity index (χ1) is 14.0. The van der Waals surface area contributed by atoms with E-state index in [9.17, 15) is 19.3 Å². The predicted octanol–water partition coefficient (Wildman–Crippen LogP) is 2.11. The third-order valence-corrected chi connectivity index (χ3v) is 4.49. The maximum absolute atomic E-state index is 12.9. The van der Waals surface area contributed by atoms with Gasteiger partial charge < -0.3 is 20.2 Å². The minimum absolute atomic E-state index is 0.174. The van der Waals surface area contributed by atoms with E-state index >= 15 is 0 Å². The lowest BCUT2D eigenvalue weighted by Gasteiger charge is -2.23. The summed E-state index contributed by atoms with van der Waals surface area (Å²) >= 11 is 0. The van der Waals surface area contributed by atoms with E-state index in [-0.39, 0.29) is 36.8 Å². The molecule has 3 heterocycles. The second kappa shape index (κ2) is 7.66. The molecule has 1 aromatic carbocycles. The summed E-state index contributed by atoms with van der Waals surface area (Å²) in [5.74, 6) is -1.01. The Hall–Kier alpha value is -3.82. The molecular formula is C19H16FN5O4. The molecule has 1 aliphatic heterocycles. The Balaban J connectivity index is 1.35. The van der Waals surface area contributed by atoms with E-state index in [1.807, 2.05) is 24.3 Å². The smallest absolute Gasteiger partial charge is 0.414 e. The van der Waals surface area contributed by atoms with Gasteiger partial charge in [0.2, 0.25) is 11.9 Å². The number of imidazole rings is 1. The summed E-state index contributed by atoms with van der Waals surface area (Å²) < 4.78 is 19.8. The van der Waals surface area contributed by atoms with Gasteiger partial charge in [-0.25, -0.2) is 4.98 Å². The van der Waals surface area contributed by atoms with Crippen molar-refractivity contribution < 1.29 is 18.8 Å². The number of carbonyl (C=O) groups excluding carboxylic acids is 1. The summed E-state index contributed by atoms with van der Waals surface area (Å²) in [5, 5.41) is 13.7. The quantitative estimate of drug-likeness (QED) is 0.401. The van der Waals surface area contributed by atoms with Crippen molar-refractivity contribution in [2.75, 3.05) is 6.61 Å². The molecule has 0 unspecified atom stereocenters. The Morgan fingerprint density at radius 3 is 2.72 bits per heavy atom. The summed E-state index contributed by atoms with van der Waals surface area (Å²) in [6.07, 6.45) is 2.92. The van der Waals surface area contributed by atoms with Crippen LogP contribution in [-0.4, -0.2) is 38.0 Å². The van der Waals surface area contributed by atoms with Crippen LogP contribution in [0.2, 0.25) is 0 Å². The molecule has 0 aliphatic carbocycles. The number of nitrogens with one attached hydrogen (secondary N) is 1. The molecule has 0 fully saturated rings. The summed E-state index contributed by atoms with van der Waals surface area (Å²) in [6.45, 7) is 0.537. The molecule has 9 nitrogen and oxygen atoms in total. The molecule has 10 heteroatoms. The summed E-state index contributed by atoms with van der Waals surface area (Å²) in [4.78, 5) is 30.0. The van der Waals surface area contributed by atoms with Gasteiger partial charge in [-0.15, -0.1) is 0 Å². The molecule has 0 bridgehead atoms. The highest BCUT2D eigenvalue weighted by Gasteiger charge is 2.28. The molecule has 0 spiro atoms. The second-order valence-corrected chi connectivity index (χ2v) is 6.61. The number of halogens is 1. The van der Waals surface area contributed by atoms with Crippen LogP contribution >= 0.6 is 0 Å². The molecule has 0 radical (unpaired) electrons. The first kappa shape index (κ1) is 18.5. The van der Waals surface area contributed by atoms with Gasteiger partial charge in [0, 0.05) is 16.7 Å². The lowest BCUT2D eigenvalue weighted by Crippen LogP contribution is -2.45. The molecule has 0 saturated carbocycles. The van der Waals surface area contributed by atoms with Gasteiger partial charge in [-0.2, -0.15) is 4.39 Å². The lowest BCUT2D eigenvalue weighted by molar-refractivity contribution is -0.389. The van der Waals surface area contributed by atoms with E-state index in [0.717, 1.165) is 16.7 Å². The maximum Gasteiger partial charge on any atom is 0.414 e. The first-order valence-electron chi connectivity index (χ1n) is 8.82. The molecule has 1 N–H and O–H groups in total. The summed E-state index contributed by atoms with van der Waals surface area (Å²) in [7, 11) is 0. The molecule has 1 aliphatic rings. The molecule has 4 rings (SSSR count). The zero-order valence-corrected chi connectivity index (χ0v) is 15.1. The Morgan fingerprint density at radius 1 is 1.28 bits per heavy atom. The van der Waals surface area contributed by atoms with Crippen molar-refractivity contribution in [3.05, 3.63) is 70.4 Å². The fraction of sp³-hybridized carbons (Fsp3) is 0.211. The van der Waals surface area contributed by atoms with Gasteiger partial charge in [0.1, 0.15) is 12.8 Å².